The first kappa shape index (κ1) is 12.4. The van der Waals surface area contributed by atoms with Gasteiger partial charge in [0.1, 0.15) is 0 Å². The molecule has 2 aromatic rings. The molecule has 0 aromatic heterocycles. The molecule has 0 N–H and O–H groups in total. The Morgan fingerprint density at radius 2 is 1.31 bits per heavy atom. The highest BCUT2D eigenvalue weighted by atomic mass is 19.2. The molecule has 4 heteroatoms. The second kappa shape index (κ2) is 4.88. The summed E-state index contributed by atoms with van der Waals surface area (Å²) in [6.07, 6.45) is 0. The maximum Gasteiger partial charge on any atom is 0.195 e. The number of hydrogen-bond acceptors (Lipinski definition) is 0. The van der Waals surface area contributed by atoms with Crippen LogP contribution in [0.4, 0.5) is 13.2 Å². The van der Waals surface area contributed by atoms with E-state index in [1.807, 2.05) is 0 Å². The summed E-state index contributed by atoms with van der Waals surface area (Å²) >= 11 is 0. The maximum atomic E-state index is 13.3. The summed E-state index contributed by atoms with van der Waals surface area (Å²) in [6.45, 7) is 0. The van der Waals surface area contributed by atoms with Gasteiger partial charge in [0.15, 0.2) is 17.5 Å². The van der Waals surface area contributed by atoms with Gasteiger partial charge in [0.2, 0.25) is 0 Å². The zero-order valence-electron chi connectivity index (χ0n) is 8.25. The largest absolute Gasteiger partial charge is 0.204 e. The SMILES string of the molecule is Fc1ccc(-c2ccccc2)c(F)c1F.[B]. The molecule has 0 saturated heterocycles. The van der Waals surface area contributed by atoms with Crippen LogP contribution in [0.25, 0.3) is 11.1 Å². The summed E-state index contributed by atoms with van der Waals surface area (Å²) in [6, 6.07) is 10.6. The zero-order chi connectivity index (χ0) is 10.8. The van der Waals surface area contributed by atoms with E-state index in [0.29, 0.717) is 5.56 Å². The van der Waals surface area contributed by atoms with E-state index in [9.17, 15) is 13.2 Å². The smallest absolute Gasteiger partial charge is 0.195 e. The Hall–Kier alpha value is -1.71. The fourth-order valence-electron chi connectivity index (χ4n) is 1.37. The van der Waals surface area contributed by atoms with Crippen molar-refractivity contribution in [2.75, 3.05) is 0 Å². The lowest BCUT2D eigenvalue weighted by Crippen LogP contribution is -1.93. The second-order valence-electron chi connectivity index (χ2n) is 3.09. The highest BCUT2D eigenvalue weighted by Gasteiger charge is 2.13. The van der Waals surface area contributed by atoms with E-state index in [1.54, 1.807) is 30.3 Å². The number of benzene rings is 2. The van der Waals surface area contributed by atoms with Gasteiger partial charge in [-0.25, -0.2) is 13.2 Å². The lowest BCUT2D eigenvalue weighted by Gasteiger charge is -2.04. The van der Waals surface area contributed by atoms with Crippen LogP contribution >= 0.6 is 0 Å². The van der Waals surface area contributed by atoms with E-state index in [2.05, 4.69) is 0 Å². The van der Waals surface area contributed by atoms with Crippen LogP contribution in [0.2, 0.25) is 0 Å². The summed E-state index contributed by atoms with van der Waals surface area (Å²) in [4.78, 5) is 0. The molecule has 0 spiro atoms. The Kier molecular flexibility index (Phi) is 3.77. The van der Waals surface area contributed by atoms with Crippen LogP contribution in [0, 0.1) is 17.5 Å². The number of hydrogen-bond donors (Lipinski definition) is 0. The summed E-state index contributed by atoms with van der Waals surface area (Å²) < 4.78 is 38.9. The van der Waals surface area contributed by atoms with Crippen LogP contribution in [-0.4, -0.2) is 8.41 Å². The first-order valence-corrected chi connectivity index (χ1v) is 4.39. The maximum absolute atomic E-state index is 13.3. The average molecular weight is 219 g/mol. The molecule has 0 fully saturated rings. The molecule has 2 aromatic carbocycles. The fraction of sp³-hybridized carbons (Fsp3) is 0. The molecular weight excluding hydrogens is 212 g/mol. The van der Waals surface area contributed by atoms with Gasteiger partial charge >= 0.3 is 0 Å². The lowest BCUT2D eigenvalue weighted by atomic mass is 10.1. The van der Waals surface area contributed by atoms with Crippen molar-refractivity contribution in [1.29, 1.82) is 0 Å². The van der Waals surface area contributed by atoms with Gasteiger partial charge in [0.05, 0.1) is 0 Å². The predicted molar refractivity (Wildman–Crippen MR) is 57.5 cm³/mol. The van der Waals surface area contributed by atoms with Gasteiger partial charge in [-0.3, -0.25) is 0 Å². The second-order valence-corrected chi connectivity index (χ2v) is 3.09. The molecule has 0 aliphatic carbocycles. The van der Waals surface area contributed by atoms with Gasteiger partial charge in [-0.15, -0.1) is 0 Å². The Labute approximate surface area is 93.3 Å². The third-order valence-electron chi connectivity index (χ3n) is 2.12. The number of rotatable bonds is 1. The van der Waals surface area contributed by atoms with E-state index in [0.717, 1.165) is 6.07 Å². The molecule has 0 unspecified atom stereocenters. The van der Waals surface area contributed by atoms with Crippen molar-refractivity contribution in [2.24, 2.45) is 0 Å². The average Bonchev–Trinajstić information content (AvgIpc) is 2.27. The quantitative estimate of drug-likeness (QED) is 0.509. The Bertz CT molecular complexity index is 483. The van der Waals surface area contributed by atoms with Gasteiger partial charge in [-0.2, -0.15) is 0 Å². The minimum Gasteiger partial charge on any atom is -0.204 e. The van der Waals surface area contributed by atoms with Crippen LogP contribution in [0.15, 0.2) is 42.5 Å². The van der Waals surface area contributed by atoms with Crippen molar-refractivity contribution in [3.63, 3.8) is 0 Å². The third-order valence-corrected chi connectivity index (χ3v) is 2.12. The summed E-state index contributed by atoms with van der Waals surface area (Å²) in [7, 11) is 0. The summed E-state index contributed by atoms with van der Waals surface area (Å²) in [5.41, 5.74) is 0.586. The van der Waals surface area contributed by atoms with Crippen LogP contribution < -0.4 is 0 Å². The molecule has 0 amide bonds. The van der Waals surface area contributed by atoms with Crippen LogP contribution in [0.5, 0.6) is 0 Å². The molecule has 0 nitrogen and oxygen atoms in total. The van der Waals surface area contributed by atoms with E-state index in [4.69, 9.17) is 0 Å². The molecule has 0 aliphatic rings. The van der Waals surface area contributed by atoms with Crippen LogP contribution in [0.3, 0.4) is 0 Å². The molecule has 0 saturated carbocycles. The van der Waals surface area contributed by atoms with E-state index >= 15 is 0 Å². The topological polar surface area (TPSA) is 0 Å². The zero-order valence-corrected chi connectivity index (χ0v) is 8.25. The minimum atomic E-state index is -1.43. The normalized spacial score (nSPS) is 9.69. The van der Waals surface area contributed by atoms with Crippen molar-refractivity contribution in [3.05, 3.63) is 59.9 Å². The molecule has 79 valence electrons. The highest BCUT2D eigenvalue weighted by Crippen LogP contribution is 2.25. The van der Waals surface area contributed by atoms with Crippen molar-refractivity contribution in [3.8, 4) is 11.1 Å². The lowest BCUT2D eigenvalue weighted by molar-refractivity contribution is 0.449. The van der Waals surface area contributed by atoms with Gasteiger partial charge in [0.25, 0.3) is 0 Å². The number of halogens is 3. The molecule has 0 heterocycles. The Morgan fingerprint density at radius 1 is 0.688 bits per heavy atom. The minimum absolute atomic E-state index is 0. The standard InChI is InChI=1S/C12H7F3.B/c13-10-7-6-9(11(14)12(10)15)8-4-2-1-3-5-8;/h1-7H;. The van der Waals surface area contributed by atoms with Gasteiger partial charge in [-0.05, 0) is 17.7 Å². The van der Waals surface area contributed by atoms with Gasteiger partial charge in [0, 0.05) is 14.0 Å². The van der Waals surface area contributed by atoms with Gasteiger partial charge in [-0.1, -0.05) is 30.3 Å². The van der Waals surface area contributed by atoms with Crippen LogP contribution in [0.1, 0.15) is 0 Å². The Balaban J connectivity index is 0.00000128. The first-order chi connectivity index (χ1) is 7.20. The van der Waals surface area contributed by atoms with Crippen LogP contribution in [-0.2, 0) is 0 Å². The van der Waals surface area contributed by atoms with Crippen molar-refractivity contribution in [2.45, 2.75) is 0 Å². The monoisotopic (exact) mass is 219 g/mol. The highest BCUT2D eigenvalue weighted by molar-refractivity contribution is 5.75. The fourth-order valence-corrected chi connectivity index (χ4v) is 1.37. The summed E-state index contributed by atoms with van der Waals surface area (Å²) in [5, 5.41) is 0. The molecular formula is C12H7BF3. The molecule has 3 radical (unpaired) electrons. The predicted octanol–water partition coefficient (Wildman–Crippen LogP) is 3.39. The molecule has 16 heavy (non-hydrogen) atoms. The summed E-state index contributed by atoms with van der Waals surface area (Å²) in [5.74, 6) is -3.76. The van der Waals surface area contributed by atoms with Crippen molar-refractivity contribution in [1.82, 2.24) is 0 Å². The molecule has 0 bridgehead atoms. The molecule has 2 rings (SSSR count). The Morgan fingerprint density at radius 3 is 1.94 bits per heavy atom. The van der Waals surface area contributed by atoms with Crippen molar-refractivity contribution >= 4 is 8.41 Å². The van der Waals surface area contributed by atoms with Gasteiger partial charge < -0.3 is 0 Å². The first-order valence-electron chi connectivity index (χ1n) is 4.39. The molecule has 0 atom stereocenters. The third kappa shape index (κ3) is 2.11. The molecule has 0 aliphatic heterocycles. The van der Waals surface area contributed by atoms with Crippen molar-refractivity contribution < 1.29 is 13.2 Å². The van der Waals surface area contributed by atoms with E-state index in [1.165, 1.54) is 6.07 Å². The van der Waals surface area contributed by atoms with E-state index in [-0.39, 0.29) is 14.0 Å². The van der Waals surface area contributed by atoms with E-state index < -0.39 is 17.5 Å².